The van der Waals surface area contributed by atoms with E-state index in [0.29, 0.717) is 43.4 Å². The maximum atomic E-state index is 11.9. The second-order valence-corrected chi connectivity index (χ2v) is 8.01. The molecule has 2 amide bonds. The fraction of sp³-hybridized carbons (Fsp3) is 0.348. The third-order valence-corrected chi connectivity index (χ3v) is 5.20. The Labute approximate surface area is 195 Å². The van der Waals surface area contributed by atoms with Crippen molar-refractivity contribution >= 4 is 34.0 Å². The molecule has 0 saturated carbocycles. The number of ether oxygens (including phenoxy) is 3. The van der Waals surface area contributed by atoms with Gasteiger partial charge in [-0.15, -0.1) is 0 Å². The van der Waals surface area contributed by atoms with Gasteiger partial charge in [0.2, 0.25) is 0 Å². The van der Waals surface area contributed by atoms with Crippen LogP contribution in [0.1, 0.15) is 30.9 Å². The van der Waals surface area contributed by atoms with Crippen LogP contribution in [0.25, 0.3) is 0 Å². The zero-order valence-corrected chi connectivity index (χ0v) is 19.4. The Morgan fingerprint density at radius 2 is 1.97 bits per heavy atom. The SMILES string of the molecule is CCOc1cc(/C=N\NC(=O)C(=O)NC[C@@H]2CCCO2)ccc1OCc1ccc(Br)cc1. The summed E-state index contributed by atoms with van der Waals surface area (Å²) in [6, 6.07) is 13.2. The molecule has 1 saturated heterocycles. The highest BCUT2D eigenvalue weighted by Crippen LogP contribution is 2.29. The number of hydrogen-bond acceptors (Lipinski definition) is 6. The largest absolute Gasteiger partial charge is 0.490 e. The van der Waals surface area contributed by atoms with Gasteiger partial charge in [0.05, 0.1) is 18.9 Å². The second kappa shape index (κ2) is 12.2. The molecule has 1 heterocycles. The Balaban J connectivity index is 1.53. The predicted octanol–water partition coefficient (Wildman–Crippen LogP) is 3.17. The van der Waals surface area contributed by atoms with Crippen molar-refractivity contribution < 1.29 is 23.8 Å². The molecule has 2 aromatic carbocycles. The van der Waals surface area contributed by atoms with Gasteiger partial charge in [-0.1, -0.05) is 28.1 Å². The van der Waals surface area contributed by atoms with Gasteiger partial charge in [0, 0.05) is 17.6 Å². The van der Waals surface area contributed by atoms with Crippen molar-refractivity contribution in [1.82, 2.24) is 10.7 Å². The summed E-state index contributed by atoms with van der Waals surface area (Å²) in [5.74, 6) is -0.415. The summed E-state index contributed by atoms with van der Waals surface area (Å²) in [6.07, 6.45) is 3.25. The van der Waals surface area contributed by atoms with E-state index in [1.54, 1.807) is 18.2 Å². The van der Waals surface area contributed by atoms with E-state index in [0.717, 1.165) is 22.9 Å². The van der Waals surface area contributed by atoms with Crippen LogP contribution in [0.5, 0.6) is 11.5 Å². The minimum absolute atomic E-state index is 0.0308. The van der Waals surface area contributed by atoms with Gasteiger partial charge < -0.3 is 19.5 Å². The molecule has 2 aromatic rings. The number of hydrazone groups is 1. The number of amides is 2. The Morgan fingerprint density at radius 3 is 2.69 bits per heavy atom. The van der Waals surface area contributed by atoms with Crippen molar-refractivity contribution in [3.05, 3.63) is 58.1 Å². The molecule has 1 aliphatic heterocycles. The molecule has 0 unspecified atom stereocenters. The Morgan fingerprint density at radius 1 is 1.16 bits per heavy atom. The van der Waals surface area contributed by atoms with Gasteiger partial charge in [0.15, 0.2) is 11.5 Å². The van der Waals surface area contributed by atoms with E-state index in [1.807, 2.05) is 31.2 Å². The van der Waals surface area contributed by atoms with Gasteiger partial charge in [-0.3, -0.25) is 9.59 Å². The molecule has 1 aliphatic rings. The summed E-state index contributed by atoms with van der Waals surface area (Å²) < 4.78 is 18.0. The molecule has 0 radical (unpaired) electrons. The number of hydrogen-bond donors (Lipinski definition) is 2. The number of nitrogens with one attached hydrogen (secondary N) is 2. The number of halogens is 1. The van der Waals surface area contributed by atoms with E-state index < -0.39 is 11.8 Å². The van der Waals surface area contributed by atoms with Crippen LogP contribution in [-0.4, -0.2) is 43.9 Å². The summed E-state index contributed by atoms with van der Waals surface area (Å²) in [4.78, 5) is 23.7. The van der Waals surface area contributed by atoms with Gasteiger partial charge in [-0.2, -0.15) is 5.10 Å². The molecule has 0 aromatic heterocycles. The molecule has 0 spiro atoms. The average molecular weight is 504 g/mol. The van der Waals surface area contributed by atoms with E-state index >= 15 is 0 Å². The topological polar surface area (TPSA) is 98.2 Å². The van der Waals surface area contributed by atoms with Gasteiger partial charge >= 0.3 is 11.8 Å². The second-order valence-electron chi connectivity index (χ2n) is 7.10. The highest BCUT2D eigenvalue weighted by molar-refractivity contribution is 9.10. The fourth-order valence-electron chi connectivity index (χ4n) is 3.04. The minimum Gasteiger partial charge on any atom is -0.490 e. The van der Waals surface area contributed by atoms with Crippen molar-refractivity contribution in [3.63, 3.8) is 0 Å². The average Bonchev–Trinajstić information content (AvgIpc) is 3.32. The zero-order valence-electron chi connectivity index (χ0n) is 17.8. The number of rotatable bonds is 9. The third kappa shape index (κ3) is 7.35. The van der Waals surface area contributed by atoms with Crippen molar-refractivity contribution in [2.24, 2.45) is 5.10 Å². The standard InChI is InChI=1S/C23H26BrN3O5/c1-2-30-21-12-17(7-10-20(21)32-15-16-5-8-18(24)9-6-16)13-26-27-23(29)22(28)25-14-19-4-3-11-31-19/h5-10,12-13,19H,2-4,11,14-15H2,1H3,(H,25,28)(H,27,29)/b26-13-/t19-/m0/s1. The maximum absolute atomic E-state index is 11.9. The molecule has 8 nitrogen and oxygen atoms in total. The zero-order chi connectivity index (χ0) is 22.8. The highest BCUT2D eigenvalue weighted by Gasteiger charge is 2.19. The first kappa shape index (κ1) is 23.7. The monoisotopic (exact) mass is 503 g/mol. The van der Waals surface area contributed by atoms with E-state index in [1.165, 1.54) is 6.21 Å². The Kier molecular flexibility index (Phi) is 9.06. The third-order valence-electron chi connectivity index (χ3n) is 4.68. The lowest BCUT2D eigenvalue weighted by molar-refractivity contribution is -0.139. The van der Waals surface area contributed by atoms with Crippen LogP contribution in [0, 0.1) is 0 Å². The molecular formula is C23H26BrN3O5. The van der Waals surface area contributed by atoms with Gasteiger partial charge in [0.1, 0.15) is 6.61 Å². The Hall–Kier alpha value is -2.91. The van der Waals surface area contributed by atoms with Gasteiger partial charge in [-0.25, -0.2) is 5.43 Å². The minimum atomic E-state index is -0.835. The highest BCUT2D eigenvalue weighted by atomic mass is 79.9. The summed E-state index contributed by atoms with van der Waals surface area (Å²) in [7, 11) is 0. The molecule has 3 rings (SSSR count). The fourth-order valence-corrected chi connectivity index (χ4v) is 3.31. The molecule has 2 N–H and O–H groups in total. The van der Waals surface area contributed by atoms with Crippen LogP contribution in [0.2, 0.25) is 0 Å². The van der Waals surface area contributed by atoms with Crippen molar-refractivity contribution in [1.29, 1.82) is 0 Å². The summed E-state index contributed by atoms with van der Waals surface area (Å²) >= 11 is 3.41. The van der Waals surface area contributed by atoms with E-state index in [2.05, 4.69) is 31.8 Å². The van der Waals surface area contributed by atoms with Crippen molar-refractivity contribution in [3.8, 4) is 11.5 Å². The molecule has 1 atom stereocenters. The summed E-state index contributed by atoms with van der Waals surface area (Å²) in [5.41, 5.74) is 3.94. The predicted molar refractivity (Wildman–Crippen MR) is 124 cm³/mol. The molecule has 32 heavy (non-hydrogen) atoms. The molecule has 170 valence electrons. The van der Waals surface area contributed by atoms with Crippen LogP contribution in [0.15, 0.2) is 52.0 Å². The molecule has 1 fully saturated rings. The first-order valence-corrected chi connectivity index (χ1v) is 11.2. The van der Waals surface area contributed by atoms with Crippen LogP contribution in [-0.2, 0) is 20.9 Å². The lowest BCUT2D eigenvalue weighted by atomic mass is 10.2. The Bertz CT molecular complexity index is 943. The first-order chi connectivity index (χ1) is 15.5. The van der Waals surface area contributed by atoms with Crippen LogP contribution >= 0.6 is 15.9 Å². The van der Waals surface area contributed by atoms with Crippen LogP contribution < -0.4 is 20.2 Å². The van der Waals surface area contributed by atoms with E-state index in [4.69, 9.17) is 14.2 Å². The van der Waals surface area contributed by atoms with Crippen molar-refractivity contribution in [2.45, 2.75) is 32.5 Å². The lowest BCUT2D eigenvalue weighted by Crippen LogP contribution is -2.41. The van der Waals surface area contributed by atoms with E-state index in [-0.39, 0.29) is 6.10 Å². The smallest absolute Gasteiger partial charge is 0.329 e. The van der Waals surface area contributed by atoms with Crippen molar-refractivity contribution in [2.75, 3.05) is 19.8 Å². The maximum Gasteiger partial charge on any atom is 0.329 e. The number of nitrogens with zero attached hydrogens (tertiary/aromatic N) is 1. The van der Waals surface area contributed by atoms with Crippen LogP contribution in [0.3, 0.4) is 0 Å². The molecule has 0 bridgehead atoms. The summed E-state index contributed by atoms with van der Waals surface area (Å²) in [6.45, 7) is 3.76. The first-order valence-electron chi connectivity index (χ1n) is 10.4. The molecule has 0 aliphatic carbocycles. The number of benzene rings is 2. The van der Waals surface area contributed by atoms with Gasteiger partial charge in [-0.05, 0) is 61.2 Å². The lowest BCUT2D eigenvalue weighted by Gasteiger charge is -2.12. The molecule has 9 heteroatoms. The summed E-state index contributed by atoms with van der Waals surface area (Å²) in [5, 5.41) is 6.41. The molecular weight excluding hydrogens is 478 g/mol. The number of carbonyl (C=O) groups excluding carboxylic acids is 2. The number of carbonyl (C=O) groups is 2. The van der Waals surface area contributed by atoms with E-state index in [9.17, 15) is 9.59 Å². The normalized spacial score (nSPS) is 15.5. The van der Waals surface area contributed by atoms with Gasteiger partial charge in [0.25, 0.3) is 0 Å². The quantitative estimate of drug-likeness (QED) is 0.311. The van der Waals surface area contributed by atoms with Crippen LogP contribution in [0.4, 0.5) is 0 Å².